The van der Waals surface area contributed by atoms with Crippen molar-refractivity contribution in [3.05, 3.63) is 88.8 Å². The fraction of sp³-hybridized carbons (Fsp3) is 0.233. The molecule has 0 aliphatic heterocycles. The lowest BCUT2D eigenvalue weighted by Gasteiger charge is -2.12. The molecule has 4 aromatic rings. The SMILES string of the molecule is CC#CC(CC(=O)OCC)c1ccc(COc2ccc3scc(-c4ccccc4C)c3c2)cc1. The molecule has 1 heterocycles. The molecule has 172 valence electrons. The first-order valence-corrected chi connectivity index (χ1v) is 12.3. The number of carbonyl (C=O) groups is 1. The average Bonchev–Trinajstić information content (AvgIpc) is 3.26. The zero-order chi connectivity index (χ0) is 23.9. The van der Waals surface area contributed by atoms with Gasteiger partial charge in [-0.25, -0.2) is 0 Å². The van der Waals surface area contributed by atoms with Gasteiger partial charge < -0.3 is 9.47 Å². The molecule has 1 aromatic heterocycles. The molecule has 0 aliphatic carbocycles. The van der Waals surface area contributed by atoms with Gasteiger partial charge >= 0.3 is 5.97 Å². The van der Waals surface area contributed by atoms with Gasteiger partial charge in [0.15, 0.2) is 0 Å². The molecule has 4 rings (SSSR count). The second kappa shape index (κ2) is 11.0. The van der Waals surface area contributed by atoms with Crippen molar-refractivity contribution in [2.24, 2.45) is 0 Å². The van der Waals surface area contributed by atoms with Gasteiger partial charge in [0.2, 0.25) is 0 Å². The van der Waals surface area contributed by atoms with Crippen molar-refractivity contribution in [1.82, 2.24) is 0 Å². The van der Waals surface area contributed by atoms with Gasteiger partial charge in [-0.05, 0) is 66.6 Å². The number of esters is 1. The summed E-state index contributed by atoms with van der Waals surface area (Å²) < 4.78 is 12.5. The molecule has 34 heavy (non-hydrogen) atoms. The van der Waals surface area contributed by atoms with E-state index < -0.39 is 0 Å². The first-order chi connectivity index (χ1) is 16.6. The molecule has 3 aromatic carbocycles. The number of ether oxygens (including phenoxy) is 2. The number of benzene rings is 3. The number of hydrogen-bond donors (Lipinski definition) is 0. The normalized spacial score (nSPS) is 11.5. The third-order valence-corrected chi connectivity index (χ3v) is 6.73. The van der Waals surface area contributed by atoms with Gasteiger partial charge in [-0.2, -0.15) is 0 Å². The molecular formula is C30H28O3S. The molecule has 0 aliphatic rings. The van der Waals surface area contributed by atoms with Gasteiger partial charge in [0.05, 0.1) is 18.9 Å². The average molecular weight is 469 g/mol. The third-order valence-electron chi connectivity index (χ3n) is 5.76. The van der Waals surface area contributed by atoms with Gasteiger partial charge in [-0.3, -0.25) is 4.79 Å². The van der Waals surface area contributed by atoms with Crippen molar-refractivity contribution in [3.63, 3.8) is 0 Å². The van der Waals surface area contributed by atoms with E-state index in [1.54, 1.807) is 18.3 Å². The Morgan fingerprint density at radius 1 is 1.03 bits per heavy atom. The summed E-state index contributed by atoms with van der Waals surface area (Å²) >= 11 is 1.76. The lowest BCUT2D eigenvalue weighted by atomic mass is 9.95. The van der Waals surface area contributed by atoms with Gasteiger partial charge in [0.1, 0.15) is 12.4 Å². The van der Waals surface area contributed by atoms with Crippen molar-refractivity contribution in [3.8, 4) is 28.7 Å². The molecule has 1 atom stereocenters. The zero-order valence-electron chi connectivity index (χ0n) is 19.8. The minimum atomic E-state index is -0.225. The third kappa shape index (κ3) is 5.50. The minimum absolute atomic E-state index is 0.167. The Kier molecular flexibility index (Phi) is 7.67. The molecule has 0 N–H and O–H groups in total. The van der Waals surface area contributed by atoms with Crippen LogP contribution in [0.4, 0.5) is 0 Å². The first kappa shape index (κ1) is 23.6. The Hall–Kier alpha value is -3.55. The van der Waals surface area contributed by atoms with E-state index in [0.717, 1.165) is 16.9 Å². The highest BCUT2D eigenvalue weighted by molar-refractivity contribution is 7.17. The second-order valence-corrected chi connectivity index (χ2v) is 9.02. The quantitative estimate of drug-likeness (QED) is 0.198. The van der Waals surface area contributed by atoms with Crippen LogP contribution in [0, 0.1) is 18.8 Å². The Bertz CT molecular complexity index is 1340. The Labute approximate surface area is 205 Å². The van der Waals surface area contributed by atoms with Gasteiger partial charge in [-0.1, -0.05) is 54.5 Å². The van der Waals surface area contributed by atoms with Crippen LogP contribution in [0.25, 0.3) is 21.2 Å². The van der Waals surface area contributed by atoms with E-state index in [-0.39, 0.29) is 18.3 Å². The first-order valence-electron chi connectivity index (χ1n) is 11.5. The van der Waals surface area contributed by atoms with Crippen LogP contribution in [0.2, 0.25) is 0 Å². The standard InChI is InChI=1S/C30H28O3S/c1-4-8-24(17-30(31)32-5-2)23-13-11-22(12-14-23)19-33-25-15-16-29-27(18-25)28(20-34-29)26-10-7-6-9-21(26)3/h6-7,9-16,18,20,24H,5,17,19H2,1-3H3. The van der Waals surface area contributed by atoms with Crippen molar-refractivity contribution >= 4 is 27.4 Å². The minimum Gasteiger partial charge on any atom is -0.489 e. The lowest BCUT2D eigenvalue weighted by Crippen LogP contribution is -2.09. The van der Waals surface area contributed by atoms with Crippen molar-refractivity contribution in [1.29, 1.82) is 0 Å². The van der Waals surface area contributed by atoms with Crippen LogP contribution in [0.15, 0.2) is 72.1 Å². The number of rotatable bonds is 8. The molecule has 1 unspecified atom stereocenters. The van der Waals surface area contributed by atoms with Crippen LogP contribution in [0.5, 0.6) is 5.75 Å². The van der Waals surface area contributed by atoms with E-state index in [2.05, 4.69) is 60.5 Å². The summed E-state index contributed by atoms with van der Waals surface area (Å²) in [6.45, 7) is 6.59. The summed E-state index contributed by atoms with van der Waals surface area (Å²) in [4.78, 5) is 11.9. The van der Waals surface area contributed by atoms with E-state index >= 15 is 0 Å². The summed E-state index contributed by atoms with van der Waals surface area (Å²) in [6, 6.07) is 22.9. The number of carbonyl (C=O) groups excluding carboxylic acids is 1. The van der Waals surface area contributed by atoms with Crippen molar-refractivity contribution in [2.45, 2.75) is 39.7 Å². The van der Waals surface area contributed by atoms with Crippen molar-refractivity contribution in [2.75, 3.05) is 6.61 Å². The maximum atomic E-state index is 11.9. The summed E-state index contributed by atoms with van der Waals surface area (Å²) in [6.07, 6.45) is 0.258. The summed E-state index contributed by atoms with van der Waals surface area (Å²) in [5.41, 5.74) is 5.84. The molecule has 0 amide bonds. The molecule has 0 radical (unpaired) electrons. The number of hydrogen-bond acceptors (Lipinski definition) is 4. The van der Waals surface area contributed by atoms with Crippen LogP contribution in [-0.4, -0.2) is 12.6 Å². The Morgan fingerprint density at radius 3 is 2.56 bits per heavy atom. The molecule has 3 nitrogen and oxygen atoms in total. The fourth-order valence-electron chi connectivity index (χ4n) is 4.01. The summed E-state index contributed by atoms with van der Waals surface area (Å²) in [5, 5.41) is 3.44. The smallest absolute Gasteiger partial charge is 0.307 e. The molecule has 0 saturated carbocycles. The van der Waals surface area contributed by atoms with Crippen LogP contribution < -0.4 is 4.74 Å². The maximum Gasteiger partial charge on any atom is 0.307 e. The second-order valence-electron chi connectivity index (χ2n) is 8.11. The summed E-state index contributed by atoms with van der Waals surface area (Å²) in [7, 11) is 0. The molecule has 4 heteroatoms. The maximum absolute atomic E-state index is 11.9. The van der Waals surface area contributed by atoms with Crippen LogP contribution >= 0.6 is 11.3 Å². The van der Waals surface area contributed by atoms with Gasteiger partial charge in [-0.15, -0.1) is 17.3 Å². The van der Waals surface area contributed by atoms with Gasteiger partial charge in [0, 0.05) is 15.6 Å². The summed E-state index contributed by atoms with van der Waals surface area (Å²) in [5.74, 6) is 6.50. The highest BCUT2D eigenvalue weighted by atomic mass is 32.1. The van der Waals surface area contributed by atoms with E-state index in [0.29, 0.717) is 13.2 Å². The number of fused-ring (bicyclic) bond motifs is 1. The molecule has 0 fully saturated rings. The topological polar surface area (TPSA) is 35.5 Å². The predicted octanol–water partition coefficient (Wildman–Crippen LogP) is 7.52. The fourth-order valence-corrected chi connectivity index (χ4v) is 4.95. The van der Waals surface area contributed by atoms with Crippen LogP contribution in [0.1, 0.15) is 42.9 Å². The Balaban J connectivity index is 1.47. The van der Waals surface area contributed by atoms with E-state index in [1.807, 2.05) is 37.3 Å². The zero-order valence-corrected chi connectivity index (χ0v) is 20.6. The molecule has 0 spiro atoms. The van der Waals surface area contributed by atoms with Crippen molar-refractivity contribution < 1.29 is 14.3 Å². The molecular weight excluding hydrogens is 440 g/mol. The number of thiophene rings is 1. The predicted molar refractivity (Wildman–Crippen MR) is 140 cm³/mol. The highest BCUT2D eigenvalue weighted by Crippen LogP contribution is 2.37. The number of aryl methyl sites for hydroxylation is 1. The highest BCUT2D eigenvalue weighted by Gasteiger charge is 2.15. The molecule has 0 bridgehead atoms. The van der Waals surface area contributed by atoms with Crippen LogP contribution in [0.3, 0.4) is 0 Å². The monoisotopic (exact) mass is 468 g/mol. The van der Waals surface area contributed by atoms with E-state index in [9.17, 15) is 4.79 Å². The Morgan fingerprint density at radius 2 is 1.82 bits per heavy atom. The van der Waals surface area contributed by atoms with E-state index in [1.165, 1.54) is 26.8 Å². The molecule has 0 saturated heterocycles. The van der Waals surface area contributed by atoms with Gasteiger partial charge in [0.25, 0.3) is 0 Å². The van der Waals surface area contributed by atoms with E-state index in [4.69, 9.17) is 9.47 Å². The largest absolute Gasteiger partial charge is 0.489 e. The van der Waals surface area contributed by atoms with Crippen LogP contribution in [-0.2, 0) is 16.1 Å². The lowest BCUT2D eigenvalue weighted by molar-refractivity contribution is -0.143.